The lowest BCUT2D eigenvalue weighted by Crippen LogP contribution is -2.12. The van der Waals surface area contributed by atoms with Crippen LogP contribution in [0.2, 0.25) is 5.02 Å². The Hall–Kier alpha value is -1.84. The second-order valence-corrected chi connectivity index (χ2v) is 9.69. The molecule has 0 N–H and O–H groups in total. The van der Waals surface area contributed by atoms with Crippen molar-refractivity contribution in [1.82, 2.24) is 4.98 Å². The van der Waals surface area contributed by atoms with Crippen LogP contribution in [-0.4, -0.2) is 4.98 Å². The maximum absolute atomic E-state index is 6.67. The molecule has 0 spiro atoms. The van der Waals surface area contributed by atoms with Gasteiger partial charge in [-0.25, -0.2) is 0 Å². The van der Waals surface area contributed by atoms with E-state index >= 15 is 0 Å². The highest BCUT2D eigenvalue weighted by Gasteiger charge is 2.22. The van der Waals surface area contributed by atoms with E-state index in [2.05, 4.69) is 61.8 Å². The Balaban J connectivity index is 2.07. The van der Waals surface area contributed by atoms with E-state index in [4.69, 9.17) is 21.3 Å². The van der Waals surface area contributed by atoms with Crippen molar-refractivity contribution >= 4 is 27.5 Å². The molecule has 29 heavy (non-hydrogen) atoms. The third-order valence-corrected chi connectivity index (χ3v) is 6.22. The second kappa shape index (κ2) is 8.49. The van der Waals surface area contributed by atoms with Crippen molar-refractivity contribution in [2.24, 2.45) is 0 Å². The molecule has 0 atom stereocenters. The fourth-order valence-electron chi connectivity index (χ4n) is 3.33. The van der Waals surface area contributed by atoms with Crippen LogP contribution in [0.5, 0.6) is 5.75 Å². The zero-order valence-electron chi connectivity index (χ0n) is 17.9. The van der Waals surface area contributed by atoms with Crippen molar-refractivity contribution in [3.05, 3.63) is 79.9 Å². The summed E-state index contributed by atoms with van der Waals surface area (Å²) in [6, 6.07) is 14.4. The smallest absolute Gasteiger partial charge is 0.140 e. The molecule has 4 heteroatoms. The molecule has 0 aliphatic carbocycles. The lowest BCUT2D eigenvalue weighted by Gasteiger charge is -2.23. The summed E-state index contributed by atoms with van der Waals surface area (Å²) in [5.74, 6) is 0.826. The standard InChI is InChI=1S/C25H27BrClNO/c1-15-12-20(25(4,5)6)21(27)13-19(15)23-22(26)24(16(2)17(3)28-23)29-14-18-10-8-7-9-11-18/h7-13H,14H2,1-6H3. The summed E-state index contributed by atoms with van der Waals surface area (Å²) in [5.41, 5.74) is 7.25. The molecule has 0 bridgehead atoms. The van der Waals surface area contributed by atoms with Crippen molar-refractivity contribution in [3.8, 4) is 17.0 Å². The molecular weight excluding hydrogens is 446 g/mol. The van der Waals surface area contributed by atoms with Crippen LogP contribution in [0.15, 0.2) is 46.9 Å². The molecule has 3 rings (SSSR count). The zero-order chi connectivity index (χ0) is 21.3. The van der Waals surface area contributed by atoms with E-state index in [0.717, 1.165) is 54.4 Å². The molecule has 2 nitrogen and oxygen atoms in total. The average Bonchev–Trinajstić information content (AvgIpc) is 2.66. The predicted molar refractivity (Wildman–Crippen MR) is 126 cm³/mol. The molecule has 0 aliphatic rings. The first-order valence-corrected chi connectivity index (χ1v) is 10.9. The Morgan fingerprint density at radius 2 is 1.69 bits per heavy atom. The first-order chi connectivity index (χ1) is 13.6. The van der Waals surface area contributed by atoms with E-state index in [-0.39, 0.29) is 5.41 Å². The average molecular weight is 473 g/mol. The van der Waals surface area contributed by atoms with Crippen molar-refractivity contribution in [3.63, 3.8) is 0 Å². The van der Waals surface area contributed by atoms with Gasteiger partial charge in [-0.1, -0.05) is 68.8 Å². The predicted octanol–water partition coefficient (Wildman–Crippen LogP) is 7.97. The molecule has 152 valence electrons. The van der Waals surface area contributed by atoms with Crippen LogP contribution >= 0.6 is 27.5 Å². The van der Waals surface area contributed by atoms with Gasteiger partial charge < -0.3 is 4.74 Å². The quantitative estimate of drug-likeness (QED) is 0.384. The van der Waals surface area contributed by atoms with E-state index in [9.17, 15) is 0 Å². The molecule has 1 heterocycles. The van der Waals surface area contributed by atoms with Crippen LogP contribution in [-0.2, 0) is 12.0 Å². The minimum absolute atomic E-state index is 0.0157. The summed E-state index contributed by atoms with van der Waals surface area (Å²) >= 11 is 10.4. The van der Waals surface area contributed by atoms with Gasteiger partial charge in [0.05, 0.1) is 10.2 Å². The molecule has 0 fully saturated rings. The maximum Gasteiger partial charge on any atom is 0.140 e. The van der Waals surface area contributed by atoms with Crippen molar-refractivity contribution in [2.75, 3.05) is 0 Å². The SMILES string of the molecule is Cc1cc(C(C)(C)C)c(Cl)cc1-c1nc(C)c(C)c(OCc2ccccc2)c1Br. The van der Waals surface area contributed by atoms with E-state index in [1.54, 1.807) is 0 Å². The Morgan fingerprint density at radius 3 is 2.31 bits per heavy atom. The monoisotopic (exact) mass is 471 g/mol. The minimum atomic E-state index is -0.0157. The molecule has 1 aromatic heterocycles. The summed E-state index contributed by atoms with van der Waals surface area (Å²) in [4.78, 5) is 4.87. The highest BCUT2D eigenvalue weighted by Crippen LogP contribution is 2.42. The Kier molecular flexibility index (Phi) is 6.40. The van der Waals surface area contributed by atoms with Gasteiger partial charge in [0.15, 0.2) is 0 Å². The van der Waals surface area contributed by atoms with E-state index < -0.39 is 0 Å². The van der Waals surface area contributed by atoms with E-state index in [1.807, 2.05) is 38.1 Å². The molecule has 0 unspecified atom stereocenters. The fourth-order valence-corrected chi connectivity index (χ4v) is 4.49. The summed E-state index contributed by atoms with van der Waals surface area (Å²) in [6.45, 7) is 13.2. The number of hydrogen-bond donors (Lipinski definition) is 0. The number of halogens is 2. The van der Waals surface area contributed by atoms with Gasteiger partial charge in [0.25, 0.3) is 0 Å². The summed E-state index contributed by atoms with van der Waals surface area (Å²) in [6.07, 6.45) is 0. The molecule has 3 aromatic rings. The Morgan fingerprint density at radius 1 is 1.03 bits per heavy atom. The summed E-state index contributed by atoms with van der Waals surface area (Å²) in [5, 5.41) is 0.761. The number of hydrogen-bond acceptors (Lipinski definition) is 2. The lowest BCUT2D eigenvalue weighted by molar-refractivity contribution is 0.301. The topological polar surface area (TPSA) is 22.1 Å². The summed E-state index contributed by atoms with van der Waals surface area (Å²) in [7, 11) is 0. The number of aryl methyl sites for hydroxylation is 2. The summed E-state index contributed by atoms with van der Waals surface area (Å²) < 4.78 is 7.09. The van der Waals surface area contributed by atoms with Gasteiger partial charge in [-0.15, -0.1) is 0 Å². The van der Waals surface area contributed by atoms with E-state index in [1.165, 1.54) is 0 Å². The van der Waals surface area contributed by atoms with Crippen molar-refractivity contribution in [1.29, 1.82) is 0 Å². The van der Waals surface area contributed by atoms with Crippen molar-refractivity contribution < 1.29 is 4.74 Å². The normalized spacial score (nSPS) is 11.6. The molecule has 0 saturated heterocycles. The number of benzene rings is 2. The van der Waals surface area contributed by atoms with Gasteiger partial charge in [0, 0.05) is 21.8 Å². The van der Waals surface area contributed by atoms with Crippen LogP contribution in [0.3, 0.4) is 0 Å². The van der Waals surface area contributed by atoms with Gasteiger partial charge in [-0.3, -0.25) is 4.98 Å². The van der Waals surface area contributed by atoms with Gasteiger partial charge in [-0.05, 0) is 64.9 Å². The van der Waals surface area contributed by atoms with Gasteiger partial charge in [0.2, 0.25) is 0 Å². The number of aromatic nitrogens is 1. The number of nitrogens with zero attached hydrogens (tertiary/aromatic N) is 1. The number of ether oxygens (including phenoxy) is 1. The lowest BCUT2D eigenvalue weighted by atomic mass is 9.85. The third kappa shape index (κ3) is 4.67. The number of pyridine rings is 1. The first-order valence-electron chi connectivity index (χ1n) is 9.74. The van der Waals surface area contributed by atoms with Crippen LogP contribution < -0.4 is 4.74 Å². The molecule has 0 aliphatic heterocycles. The zero-order valence-corrected chi connectivity index (χ0v) is 20.2. The van der Waals surface area contributed by atoms with E-state index in [0.29, 0.717) is 6.61 Å². The molecular formula is C25H27BrClNO. The minimum Gasteiger partial charge on any atom is -0.487 e. The van der Waals surface area contributed by atoms with Gasteiger partial charge in [-0.2, -0.15) is 0 Å². The van der Waals surface area contributed by atoms with Crippen LogP contribution in [0.1, 0.15) is 48.7 Å². The highest BCUT2D eigenvalue weighted by molar-refractivity contribution is 9.10. The largest absolute Gasteiger partial charge is 0.487 e. The first kappa shape index (κ1) is 21.9. The maximum atomic E-state index is 6.67. The second-order valence-electron chi connectivity index (χ2n) is 8.49. The van der Waals surface area contributed by atoms with Gasteiger partial charge in [0.1, 0.15) is 12.4 Å². The Labute approximate surface area is 187 Å². The molecule has 0 amide bonds. The number of rotatable bonds is 4. The van der Waals surface area contributed by atoms with Crippen LogP contribution in [0.4, 0.5) is 0 Å². The molecule has 2 aromatic carbocycles. The highest BCUT2D eigenvalue weighted by atomic mass is 79.9. The van der Waals surface area contributed by atoms with Crippen LogP contribution in [0.25, 0.3) is 11.3 Å². The molecule has 0 radical (unpaired) electrons. The fraction of sp³-hybridized carbons (Fsp3) is 0.320. The molecule has 0 saturated carbocycles. The third-order valence-electron chi connectivity index (χ3n) is 5.17. The van der Waals surface area contributed by atoms with Crippen molar-refractivity contribution in [2.45, 2.75) is 53.6 Å². The van der Waals surface area contributed by atoms with Gasteiger partial charge >= 0.3 is 0 Å². The van der Waals surface area contributed by atoms with Crippen LogP contribution in [0, 0.1) is 20.8 Å². The Bertz CT molecular complexity index is 1040.